The molecule has 2 N–H and O–H groups in total. The van der Waals surface area contributed by atoms with Gasteiger partial charge in [-0.25, -0.2) is 0 Å². The third-order valence-electron chi connectivity index (χ3n) is 2.63. The monoisotopic (exact) mass is 249 g/mol. The lowest BCUT2D eigenvalue weighted by atomic mass is 10.0. The first-order valence-electron chi connectivity index (χ1n) is 5.29. The number of ether oxygens (including phenoxy) is 2. The van der Waals surface area contributed by atoms with Crippen LogP contribution in [0.3, 0.4) is 0 Å². The Hall–Kier alpha value is -1.52. The van der Waals surface area contributed by atoms with Gasteiger partial charge in [-0.2, -0.15) is 0 Å². The molecule has 0 saturated carbocycles. The Balaban J connectivity index is 2.64. The zero-order valence-electron chi connectivity index (χ0n) is 9.90. The van der Waals surface area contributed by atoms with Crippen LogP contribution in [-0.2, 0) is 6.54 Å². The van der Waals surface area contributed by atoms with Gasteiger partial charge in [0.1, 0.15) is 11.5 Å². The molecule has 1 aromatic heterocycles. The van der Waals surface area contributed by atoms with Crippen molar-refractivity contribution in [2.24, 2.45) is 5.73 Å². The summed E-state index contributed by atoms with van der Waals surface area (Å²) in [5.74, 6) is 1.61. The van der Waals surface area contributed by atoms with Gasteiger partial charge in [0.05, 0.1) is 19.8 Å². The van der Waals surface area contributed by atoms with E-state index in [1.54, 1.807) is 25.6 Å². The van der Waals surface area contributed by atoms with Gasteiger partial charge in [-0.15, -0.1) is 11.3 Å². The van der Waals surface area contributed by atoms with Crippen molar-refractivity contribution in [1.29, 1.82) is 0 Å². The first-order chi connectivity index (χ1) is 8.31. The van der Waals surface area contributed by atoms with Gasteiger partial charge in [-0.3, -0.25) is 0 Å². The summed E-state index contributed by atoms with van der Waals surface area (Å²) in [5, 5.41) is 2.03. The van der Waals surface area contributed by atoms with E-state index in [9.17, 15) is 0 Å². The molecule has 4 heteroatoms. The summed E-state index contributed by atoms with van der Waals surface area (Å²) < 4.78 is 10.8. The van der Waals surface area contributed by atoms with Gasteiger partial charge >= 0.3 is 0 Å². The molecule has 1 aromatic carbocycles. The van der Waals surface area contributed by atoms with Gasteiger partial charge in [-0.1, -0.05) is 6.07 Å². The molecular formula is C13H15NO2S. The van der Waals surface area contributed by atoms with Crippen molar-refractivity contribution in [3.63, 3.8) is 0 Å². The highest BCUT2D eigenvalue weighted by Gasteiger charge is 2.15. The van der Waals surface area contributed by atoms with Crippen molar-refractivity contribution in [3.8, 4) is 22.6 Å². The maximum Gasteiger partial charge on any atom is 0.130 e. The minimum absolute atomic E-state index is 0.522. The summed E-state index contributed by atoms with van der Waals surface area (Å²) in [4.78, 5) is 1.13. The lowest BCUT2D eigenvalue weighted by Gasteiger charge is -2.13. The molecule has 0 spiro atoms. The Labute approximate surface area is 105 Å². The van der Waals surface area contributed by atoms with Crippen LogP contribution in [0.5, 0.6) is 11.5 Å². The van der Waals surface area contributed by atoms with E-state index >= 15 is 0 Å². The van der Waals surface area contributed by atoms with E-state index in [0.717, 1.165) is 27.5 Å². The van der Waals surface area contributed by atoms with Crippen LogP contribution in [-0.4, -0.2) is 14.2 Å². The van der Waals surface area contributed by atoms with Crippen LogP contribution in [0.15, 0.2) is 29.6 Å². The summed E-state index contributed by atoms with van der Waals surface area (Å²) in [6.07, 6.45) is 0. The van der Waals surface area contributed by atoms with Crippen molar-refractivity contribution in [1.82, 2.24) is 0 Å². The number of rotatable bonds is 4. The summed E-state index contributed by atoms with van der Waals surface area (Å²) in [5.41, 5.74) is 7.81. The molecule has 2 aromatic rings. The number of hydrogen-bond acceptors (Lipinski definition) is 4. The number of thiophene rings is 1. The van der Waals surface area contributed by atoms with Crippen molar-refractivity contribution >= 4 is 11.3 Å². The predicted octanol–water partition coefficient (Wildman–Crippen LogP) is 2.89. The first-order valence-corrected chi connectivity index (χ1v) is 6.17. The SMILES string of the molecule is COc1cccc(OC)c1-c1ccsc1CN. The van der Waals surface area contributed by atoms with E-state index in [0.29, 0.717) is 6.54 Å². The van der Waals surface area contributed by atoms with E-state index in [-0.39, 0.29) is 0 Å². The maximum absolute atomic E-state index is 5.74. The number of benzene rings is 1. The van der Waals surface area contributed by atoms with Gasteiger partial charge in [0.25, 0.3) is 0 Å². The molecule has 0 radical (unpaired) electrons. The zero-order valence-corrected chi connectivity index (χ0v) is 10.7. The highest BCUT2D eigenvalue weighted by atomic mass is 32.1. The molecule has 0 aliphatic heterocycles. The van der Waals surface area contributed by atoms with E-state index in [2.05, 4.69) is 0 Å². The molecule has 0 aliphatic carbocycles. The third kappa shape index (κ3) is 2.14. The molecule has 1 heterocycles. The second-order valence-electron chi connectivity index (χ2n) is 3.50. The Morgan fingerprint density at radius 1 is 1.12 bits per heavy atom. The van der Waals surface area contributed by atoms with Crippen LogP contribution in [0, 0.1) is 0 Å². The minimum Gasteiger partial charge on any atom is -0.496 e. The lowest BCUT2D eigenvalue weighted by molar-refractivity contribution is 0.397. The number of hydrogen-bond donors (Lipinski definition) is 1. The fraction of sp³-hybridized carbons (Fsp3) is 0.231. The largest absolute Gasteiger partial charge is 0.496 e. The van der Waals surface area contributed by atoms with Crippen molar-refractivity contribution < 1.29 is 9.47 Å². The van der Waals surface area contributed by atoms with E-state index in [1.807, 2.05) is 29.6 Å². The fourth-order valence-electron chi connectivity index (χ4n) is 1.84. The van der Waals surface area contributed by atoms with Crippen LogP contribution in [0.1, 0.15) is 4.88 Å². The molecule has 2 rings (SSSR count). The second-order valence-corrected chi connectivity index (χ2v) is 4.50. The topological polar surface area (TPSA) is 44.5 Å². The molecular weight excluding hydrogens is 234 g/mol. The first kappa shape index (κ1) is 12.0. The molecule has 90 valence electrons. The zero-order chi connectivity index (χ0) is 12.3. The molecule has 0 saturated heterocycles. The van der Waals surface area contributed by atoms with Crippen LogP contribution >= 0.6 is 11.3 Å². The average Bonchev–Trinajstić information content (AvgIpc) is 2.85. The predicted molar refractivity (Wildman–Crippen MR) is 70.8 cm³/mol. The second kappa shape index (κ2) is 5.21. The van der Waals surface area contributed by atoms with Crippen LogP contribution in [0.25, 0.3) is 11.1 Å². The molecule has 0 bridgehead atoms. The minimum atomic E-state index is 0.522. The smallest absolute Gasteiger partial charge is 0.130 e. The highest BCUT2D eigenvalue weighted by Crippen LogP contribution is 2.41. The normalized spacial score (nSPS) is 10.3. The molecule has 0 amide bonds. The fourth-order valence-corrected chi connectivity index (χ4v) is 2.60. The standard InChI is InChI=1S/C13H15NO2S/c1-15-10-4-3-5-11(16-2)13(10)9-6-7-17-12(9)8-14/h3-7H,8,14H2,1-2H3. The highest BCUT2D eigenvalue weighted by molar-refractivity contribution is 7.10. The Bertz CT molecular complexity index is 486. The average molecular weight is 249 g/mol. The summed E-state index contributed by atoms with van der Waals surface area (Å²) in [7, 11) is 3.32. The van der Waals surface area contributed by atoms with Gasteiger partial charge in [0, 0.05) is 17.0 Å². The lowest BCUT2D eigenvalue weighted by Crippen LogP contribution is -1.97. The van der Waals surface area contributed by atoms with E-state index in [1.165, 1.54) is 0 Å². The Kier molecular flexibility index (Phi) is 3.66. The third-order valence-corrected chi connectivity index (χ3v) is 3.57. The van der Waals surface area contributed by atoms with Crippen LogP contribution in [0.2, 0.25) is 0 Å². The Morgan fingerprint density at radius 3 is 2.29 bits per heavy atom. The van der Waals surface area contributed by atoms with Crippen molar-refractivity contribution in [3.05, 3.63) is 34.5 Å². The summed E-state index contributed by atoms with van der Waals surface area (Å²) >= 11 is 1.65. The van der Waals surface area contributed by atoms with Gasteiger partial charge in [-0.05, 0) is 23.6 Å². The summed E-state index contributed by atoms with van der Waals surface area (Å²) in [6.45, 7) is 0.522. The van der Waals surface area contributed by atoms with E-state index < -0.39 is 0 Å². The molecule has 17 heavy (non-hydrogen) atoms. The van der Waals surface area contributed by atoms with E-state index in [4.69, 9.17) is 15.2 Å². The van der Waals surface area contributed by atoms with Gasteiger partial charge in [0.2, 0.25) is 0 Å². The molecule has 0 unspecified atom stereocenters. The van der Waals surface area contributed by atoms with Gasteiger partial charge in [0.15, 0.2) is 0 Å². The van der Waals surface area contributed by atoms with Crippen molar-refractivity contribution in [2.75, 3.05) is 14.2 Å². The van der Waals surface area contributed by atoms with Crippen LogP contribution < -0.4 is 15.2 Å². The number of nitrogens with two attached hydrogens (primary N) is 1. The quantitative estimate of drug-likeness (QED) is 0.906. The Morgan fingerprint density at radius 2 is 1.76 bits per heavy atom. The molecule has 0 fully saturated rings. The van der Waals surface area contributed by atoms with Crippen LogP contribution in [0.4, 0.5) is 0 Å². The molecule has 3 nitrogen and oxygen atoms in total. The van der Waals surface area contributed by atoms with Crippen molar-refractivity contribution in [2.45, 2.75) is 6.54 Å². The molecule has 0 aliphatic rings. The van der Waals surface area contributed by atoms with Gasteiger partial charge < -0.3 is 15.2 Å². The number of methoxy groups -OCH3 is 2. The maximum atomic E-state index is 5.74. The summed E-state index contributed by atoms with van der Waals surface area (Å²) in [6, 6.07) is 7.81. The molecule has 0 atom stereocenters.